The molecule has 98 valence electrons. The number of para-hydroxylation sites is 1. The number of anilines is 1. The van der Waals surface area contributed by atoms with Crippen LogP contribution in [0.15, 0.2) is 29.8 Å². The summed E-state index contributed by atoms with van der Waals surface area (Å²) in [5, 5.41) is 2.82. The number of hydrogen-bond donors (Lipinski definition) is 1. The third-order valence-electron chi connectivity index (χ3n) is 3.18. The van der Waals surface area contributed by atoms with E-state index in [-0.39, 0.29) is 5.82 Å². The molecule has 4 nitrogen and oxygen atoms in total. The van der Waals surface area contributed by atoms with Crippen LogP contribution in [-0.4, -0.2) is 14.5 Å². The van der Waals surface area contributed by atoms with Gasteiger partial charge in [-0.1, -0.05) is 6.07 Å². The van der Waals surface area contributed by atoms with E-state index in [1.54, 1.807) is 23.6 Å². The van der Waals surface area contributed by atoms with Gasteiger partial charge in [-0.05, 0) is 26.0 Å². The van der Waals surface area contributed by atoms with Crippen molar-refractivity contribution in [3.05, 3.63) is 40.6 Å². The van der Waals surface area contributed by atoms with Gasteiger partial charge in [0.05, 0.1) is 11.1 Å². The van der Waals surface area contributed by atoms with Gasteiger partial charge in [0.25, 0.3) is 0 Å². The van der Waals surface area contributed by atoms with Crippen molar-refractivity contribution in [2.24, 2.45) is 0 Å². The van der Waals surface area contributed by atoms with Gasteiger partial charge in [-0.15, -0.1) is 11.3 Å². The maximum atomic E-state index is 13.8. The SMILES string of the molecule is CC(C)(c1nccs1)n1c(N)nc2c(F)cccc21. The van der Waals surface area contributed by atoms with E-state index >= 15 is 0 Å². The second-order valence-corrected chi connectivity index (χ2v) is 5.70. The molecular weight excluding hydrogens is 263 g/mol. The predicted octanol–water partition coefficient (Wildman–Crippen LogP) is 3.00. The number of imidazole rings is 1. The van der Waals surface area contributed by atoms with Crippen LogP contribution in [-0.2, 0) is 5.54 Å². The van der Waals surface area contributed by atoms with Crippen LogP contribution >= 0.6 is 11.3 Å². The van der Waals surface area contributed by atoms with Crippen LogP contribution in [0.3, 0.4) is 0 Å². The molecule has 0 spiro atoms. The molecule has 0 atom stereocenters. The molecule has 0 radical (unpaired) electrons. The Kier molecular flexibility index (Phi) is 2.56. The van der Waals surface area contributed by atoms with Crippen molar-refractivity contribution in [3.63, 3.8) is 0 Å². The summed E-state index contributed by atoms with van der Waals surface area (Å²) in [4.78, 5) is 8.47. The second kappa shape index (κ2) is 4.03. The van der Waals surface area contributed by atoms with Gasteiger partial charge in [0, 0.05) is 11.6 Å². The summed E-state index contributed by atoms with van der Waals surface area (Å²) < 4.78 is 15.6. The van der Waals surface area contributed by atoms with Gasteiger partial charge in [-0.3, -0.25) is 4.57 Å². The first kappa shape index (κ1) is 12.1. The molecule has 0 saturated carbocycles. The Morgan fingerprint density at radius 2 is 2.16 bits per heavy atom. The highest BCUT2D eigenvalue weighted by Crippen LogP contribution is 2.33. The van der Waals surface area contributed by atoms with E-state index in [0.29, 0.717) is 17.0 Å². The Hall–Kier alpha value is -1.95. The molecule has 0 saturated heterocycles. The number of rotatable bonds is 2. The number of nitrogens with two attached hydrogens (primary N) is 1. The molecule has 6 heteroatoms. The van der Waals surface area contributed by atoms with Crippen molar-refractivity contribution in [3.8, 4) is 0 Å². The molecule has 0 aliphatic rings. The molecule has 3 rings (SSSR count). The first-order valence-electron chi connectivity index (χ1n) is 5.84. The average Bonchev–Trinajstić information content (AvgIpc) is 2.96. The fraction of sp³-hybridized carbons (Fsp3) is 0.231. The van der Waals surface area contributed by atoms with Crippen molar-refractivity contribution >= 4 is 28.3 Å². The lowest BCUT2D eigenvalue weighted by Gasteiger charge is -2.26. The maximum absolute atomic E-state index is 13.8. The van der Waals surface area contributed by atoms with Crippen LogP contribution in [0.25, 0.3) is 11.0 Å². The van der Waals surface area contributed by atoms with Gasteiger partial charge in [-0.25, -0.2) is 14.4 Å². The van der Waals surface area contributed by atoms with Crippen molar-refractivity contribution < 1.29 is 4.39 Å². The van der Waals surface area contributed by atoms with Crippen LogP contribution in [0, 0.1) is 5.82 Å². The molecule has 0 unspecified atom stereocenters. The quantitative estimate of drug-likeness (QED) is 0.782. The van der Waals surface area contributed by atoms with Crippen molar-refractivity contribution in [2.45, 2.75) is 19.4 Å². The minimum Gasteiger partial charge on any atom is -0.369 e. The third-order valence-corrected chi connectivity index (χ3v) is 4.26. The third kappa shape index (κ3) is 1.71. The molecule has 0 bridgehead atoms. The van der Waals surface area contributed by atoms with Crippen molar-refractivity contribution in [1.29, 1.82) is 0 Å². The van der Waals surface area contributed by atoms with Gasteiger partial charge in [0.2, 0.25) is 5.95 Å². The fourth-order valence-corrected chi connectivity index (χ4v) is 3.04. The summed E-state index contributed by atoms with van der Waals surface area (Å²) in [6.07, 6.45) is 1.75. The molecule has 0 fully saturated rings. The molecule has 2 heterocycles. The lowest BCUT2D eigenvalue weighted by molar-refractivity contribution is 0.452. The van der Waals surface area contributed by atoms with Crippen LogP contribution in [0.2, 0.25) is 0 Å². The van der Waals surface area contributed by atoms with Gasteiger partial charge >= 0.3 is 0 Å². The summed E-state index contributed by atoms with van der Waals surface area (Å²) >= 11 is 1.54. The largest absolute Gasteiger partial charge is 0.369 e. The van der Waals surface area contributed by atoms with Gasteiger partial charge in [-0.2, -0.15) is 0 Å². The first-order chi connectivity index (χ1) is 9.01. The zero-order chi connectivity index (χ0) is 13.6. The Bertz CT molecular complexity index is 731. The topological polar surface area (TPSA) is 56.7 Å². The Morgan fingerprint density at radius 1 is 1.37 bits per heavy atom. The van der Waals surface area contributed by atoms with E-state index < -0.39 is 5.54 Å². The monoisotopic (exact) mass is 276 g/mol. The minimum absolute atomic E-state index is 0.292. The van der Waals surface area contributed by atoms with Gasteiger partial charge < -0.3 is 5.73 Å². The summed E-state index contributed by atoms with van der Waals surface area (Å²) in [6, 6.07) is 4.86. The van der Waals surface area contributed by atoms with E-state index in [0.717, 1.165) is 5.01 Å². The average molecular weight is 276 g/mol. The zero-order valence-electron chi connectivity index (χ0n) is 10.6. The van der Waals surface area contributed by atoms with E-state index in [9.17, 15) is 4.39 Å². The van der Waals surface area contributed by atoms with Gasteiger partial charge in [0.1, 0.15) is 10.5 Å². The molecule has 1 aromatic carbocycles. The summed E-state index contributed by atoms with van der Waals surface area (Å²) in [7, 11) is 0. The van der Waals surface area contributed by atoms with E-state index in [1.807, 2.05) is 29.9 Å². The maximum Gasteiger partial charge on any atom is 0.202 e. The standard InChI is InChI=1S/C13H13FN4S/c1-13(2,11-16-6-7-19-11)18-9-5-3-4-8(14)10(9)17-12(18)15/h3-7H,1-2H3,(H2,15,17). The Labute approximate surface area is 113 Å². The lowest BCUT2D eigenvalue weighted by atomic mass is 10.1. The summed E-state index contributed by atoms with van der Waals surface area (Å²) in [5.74, 6) is -0.0711. The number of nitrogens with zero attached hydrogens (tertiary/aromatic N) is 3. The van der Waals surface area contributed by atoms with Crippen LogP contribution in [0.5, 0.6) is 0 Å². The van der Waals surface area contributed by atoms with Crippen LogP contribution in [0.4, 0.5) is 10.3 Å². The van der Waals surface area contributed by atoms with E-state index in [2.05, 4.69) is 9.97 Å². The Balaban J connectivity index is 2.31. The molecule has 19 heavy (non-hydrogen) atoms. The number of thiazole rings is 1. The normalized spacial score (nSPS) is 12.2. The highest BCUT2D eigenvalue weighted by atomic mass is 32.1. The summed E-state index contributed by atoms with van der Waals surface area (Å²) in [6.45, 7) is 3.99. The van der Waals surface area contributed by atoms with Crippen molar-refractivity contribution in [2.75, 3.05) is 5.73 Å². The van der Waals surface area contributed by atoms with Crippen LogP contribution in [0.1, 0.15) is 18.9 Å². The van der Waals surface area contributed by atoms with Gasteiger partial charge in [0.15, 0.2) is 5.82 Å². The molecule has 2 aromatic heterocycles. The molecule has 2 N–H and O–H groups in total. The highest BCUT2D eigenvalue weighted by Gasteiger charge is 2.30. The molecule has 0 aliphatic heterocycles. The summed E-state index contributed by atoms with van der Waals surface area (Å²) in [5.41, 5.74) is 6.48. The van der Waals surface area contributed by atoms with E-state index in [4.69, 9.17) is 5.73 Å². The molecule has 3 aromatic rings. The molecule has 0 aliphatic carbocycles. The predicted molar refractivity (Wildman–Crippen MR) is 74.6 cm³/mol. The smallest absolute Gasteiger partial charge is 0.202 e. The number of fused-ring (bicyclic) bond motifs is 1. The lowest BCUT2D eigenvalue weighted by Crippen LogP contribution is -2.28. The van der Waals surface area contributed by atoms with E-state index in [1.165, 1.54) is 6.07 Å². The highest BCUT2D eigenvalue weighted by molar-refractivity contribution is 7.09. The minimum atomic E-state index is -0.471. The fourth-order valence-electron chi connectivity index (χ4n) is 2.29. The second-order valence-electron chi connectivity index (χ2n) is 4.81. The zero-order valence-corrected chi connectivity index (χ0v) is 11.4. The number of halogens is 1. The number of benzene rings is 1. The Morgan fingerprint density at radius 3 is 2.84 bits per heavy atom. The van der Waals surface area contributed by atoms with Crippen molar-refractivity contribution in [1.82, 2.24) is 14.5 Å². The number of nitrogen functional groups attached to an aromatic ring is 1. The number of hydrogen-bond acceptors (Lipinski definition) is 4. The number of aromatic nitrogens is 3. The van der Waals surface area contributed by atoms with Crippen LogP contribution < -0.4 is 5.73 Å². The molecular formula is C13H13FN4S. The molecule has 0 amide bonds. The first-order valence-corrected chi connectivity index (χ1v) is 6.72.